The molecule has 0 bridgehead atoms. The van der Waals surface area contributed by atoms with Crippen LogP contribution in [0, 0.1) is 0 Å². The predicted molar refractivity (Wildman–Crippen MR) is 136 cm³/mol. The van der Waals surface area contributed by atoms with Crippen molar-refractivity contribution in [2.75, 3.05) is 13.2 Å². The summed E-state index contributed by atoms with van der Waals surface area (Å²) < 4.78 is 10.5. The van der Waals surface area contributed by atoms with E-state index in [1.54, 1.807) is 51.1 Å². The van der Waals surface area contributed by atoms with Gasteiger partial charge in [0, 0.05) is 0 Å². The minimum absolute atomic E-state index is 0.0772. The number of nitrogens with one attached hydrogen (secondary N) is 2. The van der Waals surface area contributed by atoms with Gasteiger partial charge in [0.1, 0.15) is 30.3 Å². The third kappa shape index (κ3) is 11.1. The molecule has 1 aromatic rings. The highest BCUT2D eigenvalue weighted by molar-refractivity contribution is 6.01. The number of aliphatic carboxylic acids is 1. The fourth-order valence-electron chi connectivity index (χ4n) is 3.23. The van der Waals surface area contributed by atoms with Gasteiger partial charge < -0.3 is 36.1 Å². The minimum atomic E-state index is -1.67. The Labute approximate surface area is 221 Å². The molecule has 6 N–H and O–H groups in total. The van der Waals surface area contributed by atoms with Crippen molar-refractivity contribution in [3.63, 3.8) is 0 Å². The number of carboxylic acid groups (broad SMARTS) is 1. The van der Waals surface area contributed by atoms with Crippen molar-refractivity contribution in [3.8, 4) is 0 Å². The topological polar surface area (TPSA) is 198 Å². The Morgan fingerprint density at radius 3 is 2.21 bits per heavy atom. The Morgan fingerprint density at radius 1 is 1.05 bits per heavy atom. The monoisotopic (exact) mass is 538 g/mol. The number of unbranched alkanes of at least 4 members (excludes halogenated alkanes) is 1. The Hall–Kier alpha value is -3.71. The third-order valence-electron chi connectivity index (χ3n) is 5.09. The van der Waals surface area contributed by atoms with Crippen LogP contribution in [-0.4, -0.2) is 82.0 Å². The first-order valence-electron chi connectivity index (χ1n) is 12.2. The second-order valence-electron chi connectivity index (χ2n) is 9.50. The lowest BCUT2D eigenvalue weighted by molar-refractivity contribution is -0.145. The van der Waals surface area contributed by atoms with Gasteiger partial charge in [-0.05, 0) is 59.1 Å². The lowest BCUT2D eigenvalue weighted by Gasteiger charge is -2.31. The molecule has 0 aliphatic carbocycles. The number of benzene rings is 1. The maximum atomic E-state index is 13.4. The number of aliphatic hydroxyl groups excluding tert-OH is 1. The van der Waals surface area contributed by atoms with Gasteiger partial charge in [-0.2, -0.15) is 0 Å². The predicted octanol–water partition coefficient (Wildman–Crippen LogP) is 1.12. The van der Waals surface area contributed by atoms with Gasteiger partial charge in [-0.15, -0.1) is 0 Å². The number of aliphatic hydroxyl groups is 1. The van der Waals surface area contributed by atoms with Gasteiger partial charge in [0.25, 0.3) is 5.91 Å². The van der Waals surface area contributed by atoms with Crippen LogP contribution in [0.15, 0.2) is 30.3 Å². The number of nitrogens with zero attached hydrogens (tertiary/aromatic N) is 1. The molecule has 0 spiro atoms. The summed E-state index contributed by atoms with van der Waals surface area (Å²) in [6.45, 7) is 5.32. The molecule has 0 heterocycles. The second-order valence-corrected chi connectivity index (χ2v) is 9.50. The van der Waals surface area contributed by atoms with E-state index in [0.717, 1.165) is 0 Å². The molecule has 1 rings (SSSR count). The number of carbonyl (C=O) groups is 5. The standard InChI is InChI=1S/C25H38N4O9/c1-16(27-23(35)38-25(2,3)4)21(32)29(24(36)37-15-17-10-6-5-7-11-17)19(12-8-9-13-26)20(31)28-18(14-30)22(33)34/h5-7,10-11,16,18-19,30H,8-9,12-15,26H2,1-4H3,(H,27,35)(H,28,31)(H,33,34). The van der Waals surface area contributed by atoms with Crippen molar-refractivity contribution in [3.05, 3.63) is 35.9 Å². The molecule has 38 heavy (non-hydrogen) atoms. The number of ether oxygens (including phenoxy) is 2. The highest BCUT2D eigenvalue weighted by atomic mass is 16.6. The fraction of sp³-hybridized carbons (Fsp3) is 0.560. The summed E-state index contributed by atoms with van der Waals surface area (Å²) >= 11 is 0. The van der Waals surface area contributed by atoms with Crippen LogP contribution in [0.2, 0.25) is 0 Å². The zero-order valence-corrected chi connectivity index (χ0v) is 22.1. The number of rotatable bonds is 13. The van der Waals surface area contributed by atoms with Crippen molar-refractivity contribution in [1.29, 1.82) is 0 Å². The number of imide groups is 1. The summed E-state index contributed by atoms with van der Waals surface area (Å²) in [5.41, 5.74) is 5.30. The highest BCUT2D eigenvalue weighted by Crippen LogP contribution is 2.16. The van der Waals surface area contributed by atoms with E-state index >= 15 is 0 Å². The average molecular weight is 539 g/mol. The zero-order valence-electron chi connectivity index (χ0n) is 22.1. The molecule has 0 radical (unpaired) electrons. The number of alkyl carbamates (subject to hydrolysis) is 1. The molecule has 4 amide bonds. The number of carbonyl (C=O) groups excluding carboxylic acids is 4. The largest absolute Gasteiger partial charge is 0.480 e. The minimum Gasteiger partial charge on any atom is -0.480 e. The molecule has 0 aromatic heterocycles. The lowest BCUT2D eigenvalue weighted by atomic mass is 10.1. The molecule has 212 valence electrons. The van der Waals surface area contributed by atoms with Crippen LogP contribution in [0.3, 0.4) is 0 Å². The first-order valence-corrected chi connectivity index (χ1v) is 12.2. The molecule has 0 aliphatic heterocycles. The number of carboxylic acids is 1. The quantitative estimate of drug-likeness (QED) is 0.227. The lowest BCUT2D eigenvalue weighted by Crippen LogP contribution is -2.59. The molecule has 0 fully saturated rings. The molecule has 0 aliphatic rings. The van der Waals surface area contributed by atoms with Gasteiger partial charge in [0.15, 0.2) is 0 Å². The summed E-state index contributed by atoms with van der Waals surface area (Å²) in [6, 6.07) is 4.08. The van der Waals surface area contributed by atoms with Crippen LogP contribution >= 0.6 is 0 Å². The zero-order chi connectivity index (χ0) is 28.9. The Bertz CT molecular complexity index is 950. The van der Waals surface area contributed by atoms with Gasteiger partial charge in [-0.25, -0.2) is 19.3 Å². The van der Waals surface area contributed by atoms with Crippen LogP contribution in [0.4, 0.5) is 9.59 Å². The summed E-state index contributed by atoms with van der Waals surface area (Å²) in [5, 5.41) is 23.0. The van der Waals surface area contributed by atoms with Gasteiger partial charge in [0.2, 0.25) is 5.91 Å². The summed E-state index contributed by atoms with van der Waals surface area (Å²) in [5.74, 6) is -3.50. The molecule has 13 nitrogen and oxygen atoms in total. The Balaban J connectivity index is 3.31. The number of nitrogens with two attached hydrogens (primary N) is 1. The molecule has 0 saturated carbocycles. The van der Waals surface area contributed by atoms with E-state index in [4.69, 9.17) is 15.2 Å². The van der Waals surface area contributed by atoms with E-state index in [1.807, 2.05) is 0 Å². The SMILES string of the molecule is CC(NC(=O)OC(C)(C)C)C(=O)N(C(=O)OCc1ccccc1)C(CCCCN)C(=O)NC(CO)C(=O)O. The van der Waals surface area contributed by atoms with Gasteiger partial charge in [0.05, 0.1) is 6.61 Å². The maximum absolute atomic E-state index is 13.4. The molecular weight excluding hydrogens is 500 g/mol. The summed E-state index contributed by atoms with van der Waals surface area (Å²) in [4.78, 5) is 64.0. The maximum Gasteiger partial charge on any atom is 0.417 e. The van der Waals surface area contributed by atoms with E-state index in [9.17, 15) is 34.2 Å². The second kappa shape index (κ2) is 15.5. The van der Waals surface area contributed by atoms with Crippen LogP contribution in [0.1, 0.15) is 52.5 Å². The van der Waals surface area contributed by atoms with Gasteiger partial charge in [-0.3, -0.25) is 9.59 Å². The van der Waals surface area contributed by atoms with E-state index in [2.05, 4.69) is 10.6 Å². The number of hydrogen-bond acceptors (Lipinski definition) is 9. The first kappa shape index (κ1) is 32.3. The van der Waals surface area contributed by atoms with E-state index in [1.165, 1.54) is 6.92 Å². The first-order chi connectivity index (χ1) is 17.8. The van der Waals surface area contributed by atoms with Crippen molar-refractivity contribution >= 4 is 30.0 Å². The number of amides is 4. The summed E-state index contributed by atoms with van der Waals surface area (Å²) in [7, 11) is 0. The molecule has 1 aromatic carbocycles. The third-order valence-corrected chi connectivity index (χ3v) is 5.09. The molecule has 13 heteroatoms. The fourth-order valence-corrected chi connectivity index (χ4v) is 3.23. The van der Waals surface area contributed by atoms with E-state index in [-0.39, 0.29) is 19.6 Å². The van der Waals surface area contributed by atoms with Crippen LogP contribution in [0.25, 0.3) is 0 Å². The smallest absolute Gasteiger partial charge is 0.417 e. The highest BCUT2D eigenvalue weighted by Gasteiger charge is 2.39. The summed E-state index contributed by atoms with van der Waals surface area (Å²) in [6.07, 6.45) is -1.44. The molecule has 3 atom stereocenters. The average Bonchev–Trinajstić information content (AvgIpc) is 2.84. The van der Waals surface area contributed by atoms with Gasteiger partial charge in [-0.1, -0.05) is 30.3 Å². The van der Waals surface area contributed by atoms with E-state index < -0.39 is 60.3 Å². The van der Waals surface area contributed by atoms with Crippen LogP contribution < -0.4 is 16.4 Å². The Morgan fingerprint density at radius 2 is 1.68 bits per heavy atom. The van der Waals surface area contributed by atoms with E-state index in [0.29, 0.717) is 23.3 Å². The molecule has 0 saturated heterocycles. The molecular formula is C25H38N4O9. The number of hydrogen-bond donors (Lipinski definition) is 5. The van der Waals surface area contributed by atoms with Crippen molar-refractivity contribution in [2.45, 2.75) is 77.3 Å². The normalized spacial score (nSPS) is 13.4. The van der Waals surface area contributed by atoms with Crippen molar-refractivity contribution < 1.29 is 43.7 Å². The van der Waals surface area contributed by atoms with Crippen molar-refractivity contribution in [1.82, 2.24) is 15.5 Å². The Kier molecular flexibility index (Phi) is 13.2. The van der Waals surface area contributed by atoms with Crippen LogP contribution in [-0.2, 0) is 30.5 Å². The van der Waals surface area contributed by atoms with Crippen molar-refractivity contribution in [2.24, 2.45) is 5.73 Å². The van der Waals surface area contributed by atoms with Crippen LogP contribution in [0.5, 0.6) is 0 Å². The molecule has 3 unspecified atom stereocenters. The van der Waals surface area contributed by atoms with Gasteiger partial charge >= 0.3 is 18.2 Å².